The number of nitrogens with zero attached hydrogens (tertiary/aromatic N) is 2. The Morgan fingerprint density at radius 1 is 1.35 bits per heavy atom. The third-order valence-electron chi connectivity index (χ3n) is 2.06. The van der Waals surface area contributed by atoms with Crippen LogP contribution in [0.5, 0.6) is 0 Å². The quantitative estimate of drug-likeness (QED) is 0.924. The van der Waals surface area contributed by atoms with E-state index in [0.717, 1.165) is 4.47 Å². The van der Waals surface area contributed by atoms with Gasteiger partial charge in [0.15, 0.2) is 11.5 Å². The minimum Gasteiger partial charge on any atom is -0.476 e. The van der Waals surface area contributed by atoms with Gasteiger partial charge in [0.2, 0.25) is 0 Å². The van der Waals surface area contributed by atoms with E-state index < -0.39 is 5.97 Å². The first-order chi connectivity index (χ1) is 8.09. The standard InChI is InChI=1S/C11H6BrClN2O2/c12-7-4-2-1-3-6(7)10-14-5-8(13)9(15-10)11(16)17/h1-5H,(H,16,17). The Labute approximate surface area is 110 Å². The smallest absolute Gasteiger partial charge is 0.356 e. The number of carboxylic acids is 1. The number of benzene rings is 1. The van der Waals surface area contributed by atoms with Crippen molar-refractivity contribution in [2.75, 3.05) is 0 Å². The van der Waals surface area contributed by atoms with Crippen LogP contribution in [0.1, 0.15) is 10.5 Å². The molecule has 17 heavy (non-hydrogen) atoms. The summed E-state index contributed by atoms with van der Waals surface area (Å²) in [6.07, 6.45) is 1.28. The monoisotopic (exact) mass is 312 g/mol. The van der Waals surface area contributed by atoms with Crippen molar-refractivity contribution in [3.05, 3.63) is 45.7 Å². The number of aromatic carboxylic acids is 1. The maximum Gasteiger partial charge on any atom is 0.356 e. The molecule has 0 fully saturated rings. The van der Waals surface area contributed by atoms with Crippen LogP contribution in [-0.4, -0.2) is 21.0 Å². The molecule has 2 rings (SSSR count). The first-order valence-electron chi connectivity index (χ1n) is 4.60. The lowest BCUT2D eigenvalue weighted by molar-refractivity contribution is 0.0690. The van der Waals surface area contributed by atoms with Gasteiger partial charge in [-0.25, -0.2) is 14.8 Å². The van der Waals surface area contributed by atoms with Gasteiger partial charge in [-0.05, 0) is 6.07 Å². The number of hydrogen-bond donors (Lipinski definition) is 1. The second-order valence-electron chi connectivity index (χ2n) is 3.18. The van der Waals surface area contributed by atoms with E-state index in [9.17, 15) is 4.79 Å². The predicted octanol–water partition coefficient (Wildman–Crippen LogP) is 3.26. The van der Waals surface area contributed by atoms with E-state index in [2.05, 4.69) is 25.9 Å². The minimum atomic E-state index is -1.18. The largest absolute Gasteiger partial charge is 0.476 e. The molecule has 0 aliphatic carbocycles. The van der Waals surface area contributed by atoms with E-state index in [0.29, 0.717) is 11.4 Å². The summed E-state index contributed by atoms with van der Waals surface area (Å²) in [6.45, 7) is 0. The molecule has 4 nitrogen and oxygen atoms in total. The van der Waals surface area contributed by atoms with Crippen molar-refractivity contribution in [2.24, 2.45) is 0 Å². The van der Waals surface area contributed by atoms with Crippen molar-refractivity contribution in [3.8, 4) is 11.4 Å². The van der Waals surface area contributed by atoms with Crippen LogP contribution in [0.2, 0.25) is 5.02 Å². The Hall–Kier alpha value is -1.46. The van der Waals surface area contributed by atoms with E-state index in [-0.39, 0.29) is 10.7 Å². The van der Waals surface area contributed by atoms with Crippen LogP contribution >= 0.6 is 27.5 Å². The summed E-state index contributed by atoms with van der Waals surface area (Å²) >= 11 is 9.05. The summed E-state index contributed by atoms with van der Waals surface area (Å²) in [4.78, 5) is 18.9. The lowest BCUT2D eigenvalue weighted by Crippen LogP contribution is -2.04. The highest BCUT2D eigenvalue weighted by atomic mass is 79.9. The zero-order valence-corrected chi connectivity index (χ0v) is 10.7. The molecule has 0 aliphatic rings. The van der Waals surface area contributed by atoms with E-state index in [1.54, 1.807) is 6.07 Å². The van der Waals surface area contributed by atoms with Crippen LogP contribution in [0.4, 0.5) is 0 Å². The summed E-state index contributed by atoms with van der Waals surface area (Å²) in [5.74, 6) is -0.857. The fraction of sp³-hybridized carbons (Fsp3) is 0. The fourth-order valence-electron chi connectivity index (χ4n) is 1.29. The van der Waals surface area contributed by atoms with Crippen LogP contribution in [0.25, 0.3) is 11.4 Å². The first kappa shape index (κ1) is 12.0. The molecule has 1 aromatic heterocycles. The van der Waals surface area contributed by atoms with Crippen molar-refractivity contribution in [1.82, 2.24) is 9.97 Å². The SMILES string of the molecule is O=C(O)c1nc(-c2ccccc2Br)ncc1Cl. The van der Waals surface area contributed by atoms with Gasteiger partial charge in [-0.15, -0.1) is 0 Å². The highest BCUT2D eigenvalue weighted by Gasteiger charge is 2.14. The van der Waals surface area contributed by atoms with Crippen LogP contribution in [0.15, 0.2) is 34.9 Å². The number of hydrogen-bond acceptors (Lipinski definition) is 3. The maximum atomic E-state index is 10.9. The van der Waals surface area contributed by atoms with Crippen molar-refractivity contribution in [2.45, 2.75) is 0 Å². The summed E-state index contributed by atoms with van der Waals surface area (Å²) < 4.78 is 0.790. The Kier molecular flexibility index (Phi) is 3.40. The maximum absolute atomic E-state index is 10.9. The second kappa shape index (κ2) is 4.81. The highest BCUT2D eigenvalue weighted by Crippen LogP contribution is 2.26. The second-order valence-corrected chi connectivity index (χ2v) is 4.44. The lowest BCUT2D eigenvalue weighted by atomic mass is 10.2. The van der Waals surface area contributed by atoms with Gasteiger partial charge >= 0.3 is 5.97 Å². The number of carbonyl (C=O) groups is 1. The third-order valence-corrected chi connectivity index (χ3v) is 3.03. The molecule has 1 aromatic carbocycles. The Morgan fingerprint density at radius 3 is 2.71 bits per heavy atom. The lowest BCUT2D eigenvalue weighted by Gasteiger charge is -2.04. The highest BCUT2D eigenvalue weighted by molar-refractivity contribution is 9.10. The van der Waals surface area contributed by atoms with Crippen LogP contribution in [0.3, 0.4) is 0 Å². The van der Waals surface area contributed by atoms with Crippen LogP contribution in [-0.2, 0) is 0 Å². The molecule has 0 saturated carbocycles. The molecule has 86 valence electrons. The predicted molar refractivity (Wildman–Crippen MR) is 67.1 cm³/mol. The molecule has 0 amide bonds. The van der Waals surface area contributed by atoms with Gasteiger partial charge in [-0.3, -0.25) is 0 Å². The molecule has 2 aromatic rings. The number of carboxylic acid groups (broad SMARTS) is 1. The number of rotatable bonds is 2. The molecular formula is C11H6BrClN2O2. The molecule has 0 unspecified atom stereocenters. The Bertz CT molecular complexity index is 589. The number of halogens is 2. The van der Waals surface area contributed by atoms with E-state index >= 15 is 0 Å². The molecule has 0 saturated heterocycles. The van der Waals surface area contributed by atoms with Gasteiger partial charge in [-0.1, -0.05) is 45.7 Å². The van der Waals surface area contributed by atoms with E-state index in [4.69, 9.17) is 16.7 Å². The van der Waals surface area contributed by atoms with Crippen molar-refractivity contribution < 1.29 is 9.90 Å². The number of aromatic nitrogens is 2. The molecule has 1 N–H and O–H groups in total. The molecule has 0 bridgehead atoms. The fourth-order valence-corrected chi connectivity index (χ4v) is 1.92. The minimum absolute atomic E-state index is 0.0216. The van der Waals surface area contributed by atoms with Crippen molar-refractivity contribution in [1.29, 1.82) is 0 Å². The molecule has 0 atom stereocenters. The van der Waals surface area contributed by atoms with Gasteiger partial charge in [0.25, 0.3) is 0 Å². The molecule has 1 heterocycles. The van der Waals surface area contributed by atoms with Gasteiger partial charge in [0.05, 0.1) is 11.2 Å². The summed E-state index contributed by atoms with van der Waals surface area (Å²) in [7, 11) is 0. The van der Waals surface area contributed by atoms with Crippen LogP contribution in [0, 0.1) is 0 Å². The van der Waals surface area contributed by atoms with Crippen LogP contribution < -0.4 is 0 Å². The zero-order chi connectivity index (χ0) is 12.4. The zero-order valence-electron chi connectivity index (χ0n) is 8.39. The molecule has 0 aliphatic heterocycles. The average molecular weight is 314 g/mol. The molecular weight excluding hydrogens is 307 g/mol. The van der Waals surface area contributed by atoms with Crippen molar-refractivity contribution >= 4 is 33.5 Å². The Balaban J connectivity index is 2.58. The average Bonchev–Trinajstić information content (AvgIpc) is 2.30. The van der Waals surface area contributed by atoms with Gasteiger partial charge in [0, 0.05) is 10.0 Å². The van der Waals surface area contributed by atoms with Gasteiger partial charge in [-0.2, -0.15) is 0 Å². The topological polar surface area (TPSA) is 63.1 Å². The summed E-state index contributed by atoms with van der Waals surface area (Å²) in [6, 6.07) is 7.28. The summed E-state index contributed by atoms with van der Waals surface area (Å²) in [5, 5.41) is 8.94. The van der Waals surface area contributed by atoms with Gasteiger partial charge < -0.3 is 5.11 Å². The van der Waals surface area contributed by atoms with Gasteiger partial charge in [0.1, 0.15) is 0 Å². The molecule has 0 radical (unpaired) electrons. The normalized spacial score (nSPS) is 10.2. The third kappa shape index (κ3) is 2.45. The Morgan fingerprint density at radius 2 is 2.06 bits per heavy atom. The summed E-state index contributed by atoms with van der Waals surface area (Å²) in [5.41, 5.74) is 0.513. The molecule has 0 spiro atoms. The molecule has 6 heteroatoms. The first-order valence-corrected chi connectivity index (χ1v) is 5.77. The van der Waals surface area contributed by atoms with E-state index in [1.807, 2.05) is 18.2 Å². The van der Waals surface area contributed by atoms with Crippen molar-refractivity contribution in [3.63, 3.8) is 0 Å². The van der Waals surface area contributed by atoms with E-state index in [1.165, 1.54) is 6.20 Å².